The SMILES string of the molecule is CCC(C)N1Cc2c(O)c3c(c(F)c2C1)C[C@H]1C[C@H]2[C@H](N(C)C)C(O)=C(C(C)=O)C(=O)[C@@]2(O)C(O)=C1C3=O. The highest BCUT2D eigenvalue weighted by atomic mass is 19.1. The summed E-state index contributed by atoms with van der Waals surface area (Å²) in [5.74, 6) is -7.01. The number of rotatable bonds is 4. The van der Waals surface area contributed by atoms with Gasteiger partial charge in [-0.15, -0.1) is 0 Å². The fourth-order valence-corrected chi connectivity index (χ4v) is 6.92. The van der Waals surface area contributed by atoms with E-state index >= 15 is 4.39 Å². The highest BCUT2D eigenvalue weighted by Crippen LogP contribution is 2.53. The van der Waals surface area contributed by atoms with Crippen LogP contribution >= 0.6 is 0 Å². The van der Waals surface area contributed by atoms with Crippen LogP contribution in [0, 0.1) is 17.7 Å². The van der Waals surface area contributed by atoms with Gasteiger partial charge in [-0.25, -0.2) is 4.39 Å². The maximum Gasteiger partial charge on any atom is 0.209 e. The lowest BCUT2D eigenvalue weighted by molar-refractivity contribution is -0.148. The summed E-state index contributed by atoms with van der Waals surface area (Å²) in [7, 11) is 3.19. The zero-order chi connectivity index (χ0) is 28.0. The van der Waals surface area contributed by atoms with E-state index in [-0.39, 0.29) is 47.9 Å². The molecule has 4 N–H and O–H groups in total. The molecule has 10 heteroatoms. The number of Topliss-reactive ketones (excluding diaryl/α,β-unsaturated/α-hetero) is 3. The van der Waals surface area contributed by atoms with Gasteiger partial charge >= 0.3 is 0 Å². The Kier molecular flexibility index (Phi) is 6.09. The number of fused-ring (bicyclic) bond motifs is 4. The van der Waals surface area contributed by atoms with Gasteiger partial charge in [0.1, 0.15) is 28.7 Å². The standard InChI is InChI=1S/C28H33FN2O7/c1-6-11(2)31-9-15-16(10-31)23(33)20-14(21(15)29)7-13-8-17-22(30(4)5)25(35)18(12(3)32)26(36)28(17,38)27(37)19(13)24(20)34/h11,13,17,22,33,35,37-38H,6-10H2,1-5H3/t11?,13-,17-,22-,28+/m0/s1. The number of ketones is 3. The number of hydrogen-bond donors (Lipinski definition) is 4. The highest BCUT2D eigenvalue weighted by molar-refractivity contribution is 6.25. The fourth-order valence-electron chi connectivity index (χ4n) is 6.92. The van der Waals surface area contributed by atoms with Crippen molar-refractivity contribution in [2.75, 3.05) is 14.1 Å². The molecule has 0 saturated heterocycles. The lowest BCUT2D eigenvalue weighted by atomic mass is 9.58. The number of benzene rings is 1. The van der Waals surface area contributed by atoms with Crippen molar-refractivity contribution in [3.05, 3.63) is 50.7 Å². The number of hydrogen-bond acceptors (Lipinski definition) is 9. The molecule has 0 fully saturated rings. The van der Waals surface area contributed by atoms with Crippen molar-refractivity contribution in [1.29, 1.82) is 0 Å². The number of nitrogens with zero attached hydrogens (tertiary/aromatic N) is 2. The lowest BCUT2D eigenvalue weighted by Gasteiger charge is -2.50. The van der Waals surface area contributed by atoms with E-state index in [4.69, 9.17) is 0 Å². The molecule has 0 bridgehead atoms. The first-order chi connectivity index (χ1) is 17.8. The summed E-state index contributed by atoms with van der Waals surface area (Å²) in [5, 5.41) is 45.2. The van der Waals surface area contributed by atoms with Crippen LogP contribution in [0.1, 0.15) is 60.7 Å². The smallest absolute Gasteiger partial charge is 0.209 e. The van der Waals surface area contributed by atoms with Gasteiger partial charge in [-0.2, -0.15) is 0 Å². The molecular formula is C28H33FN2O7. The number of likely N-dealkylation sites (N-methyl/N-ethyl adjacent to an activating group) is 1. The molecule has 4 aliphatic rings. The van der Waals surface area contributed by atoms with Gasteiger partial charge in [0, 0.05) is 47.3 Å². The predicted molar refractivity (Wildman–Crippen MR) is 134 cm³/mol. The van der Waals surface area contributed by atoms with E-state index in [1.165, 1.54) is 4.90 Å². The van der Waals surface area contributed by atoms with Crippen molar-refractivity contribution in [2.24, 2.45) is 11.8 Å². The van der Waals surface area contributed by atoms with Gasteiger partial charge in [0.05, 0.1) is 11.6 Å². The normalized spacial score (nSPS) is 29.8. The van der Waals surface area contributed by atoms with Crippen molar-refractivity contribution < 1.29 is 39.2 Å². The van der Waals surface area contributed by atoms with Crippen LogP contribution in [0.15, 0.2) is 22.7 Å². The minimum atomic E-state index is -2.64. The number of aliphatic hydroxyl groups is 3. The van der Waals surface area contributed by atoms with Gasteiger partial charge in [-0.1, -0.05) is 6.92 Å². The number of halogens is 1. The summed E-state index contributed by atoms with van der Waals surface area (Å²) in [5.41, 5.74) is -3.06. The molecule has 5 rings (SSSR count). The molecule has 0 radical (unpaired) electrons. The van der Waals surface area contributed by atoms with Crippen molar-refractivity contribution in [1.82, 2.24) is 9.80 Å². The van der Waals surface area contributed by atoms with Crippen molar-refractivity contribution in [2.45, 2.75) is 70.8 Å². The molecule has 0 spiro atoms. The predicted octanol–water partition coefficient (Wildman–Crippen LogP) is 2.48. The van der Waals surface area contributed by atoms with Gasteiger partial charge in [0.2, 0.25) is 5.78 Å². The average Bonchev–Trinajstić information content (AvgIpc) is 3.30. The molecule has 9 nitrogen and oxygen atoms in total. The van der Waals surface area contributed by atoms with Gasteiger partial charge in [0.25, 0.3) is 0 Å². The molecule has 204 valence electrons. The maximum absolute atomic E-state index is 15.9. The van der Waals surface area contributed by atoms with E-state index in [1.54, 1.807) is 14.1 Å². The third-order valence-electron chi connectivity index (χ3n) is 9.08. The molecule has 0 aromatic heterocycles. The van der Waals surface area contributed by atoms with Crippen molar-refractivity contribution >= 4 is 17.3 Å². The van der Waals surface area contributed by atoms with Crippen LogP contribution in [0.4, 0.5) is 4.39 Å². The van der Waals surface area contributed by atoms with E-state index in [2.05, 4.69) is 0 Å². The second kappa shape index (κ2) is 8.72. The molecule has 3 aliphatic carbocycles. The molecule has 1 heterocycles. The summed E-state index contributed by atoms with van der Waals surface area (Å²) in [6.45, 7) is 5.65. The van der Waals surface area contributed by atoms with Gasteiger partial charge < -0.3 is 20.4 Å². The van der Waals surface area contributed by atoms with Crippen LogP contribution in [-0.2, 0) is 29.1 Å². The Balaban J connectivity index is 1.68. The van der Waals surface area contributed by atoms with Crippen LogP contribution < -0.4 is 0 Å². The third-order valence-corrected chi connectivity index (χ3v) is 9.08. The summed E-state index contributed by atoms with van der Waals surface area (Å²) >= 11 is 0. The summed E-state index contributed by atoms with van der Waals surface area (Å²) in [6.07, 6.45) is 0.741. The van der Waals surface area contributed by atoms with Crippen LogP contribution in [0.2, 0.25) is 0 Å². The van der Waals surface area contributed by atoms with E-state index in [0.29, 0.717) is 17.7 Å². The number of carbonyl (C=O) groups excluding carboxylic acids is 3. The second-order valence-electron chi connectivity index (χ2n) is 11.3. The average molecular weight is 529 g/mol. The number of phenols is 1. The molecule has 38 heavy (non-hydrogen) atoms. The van der Waals surface area contributed by atoms with Crippen LogP contribution in [-0.4, -0.2) is 79.4 Å². The number of carbonyl (C=O) groups is 3. The summed E-state index contributed by atoms with van der Waals surface area (Å²) < 4.78 is 15.9. The Hall–Kier alpha value is -3.08. The molecule has 1 aliphatic heterocycles. The Morgan fingerprint density at radius 2 is 1.79 bits per heavy atom. The quantitative estimate of drug-likeness (QED) is 0.434. The first-order valence-electron chi connectivity index (χ1n) is 12.9. The lowest BCUT2D eigenvalue weighted by Crippen LogP contribution is -2.63. The highest BCUT2D eigenvalue weighted by Gasteiger charge is 2.63. The Bertz CT molecular complexity index is 1360. The minimum absolute atomic E-state index is 0.0402. The summed E-state index contributed by atoms with van der Waals surface area (Å²) in [6, 6.07) is -0.885. The van der Waals surface area contributed by atoms with E-state index in [1.807, 2.05) is 18.7 Å². The first-order valence-corrected chi connectivity index (χ1v) is 12.9. The third kappa shape index (κ3) is 3.29. The van der Waals surface area contributed by atoms with E-state index in [0.717, 1.165) is 13.3 Å². The molecule has 1 aromatic rings. The van der Waals surface area contributed by atoms with E-state index < -0.39 is 63.7 Å². The van der Waals surface area contributed by atoms with Gasteiger partial charge in [-0.05, 0) is 53.1 Å². The largest absolute Gasteiger partial charge is 0.510 e. The molecular weight excluding hydrogens is 495 g/mol. The monoisotopic (exact) mass is 528 g/mol. The Morgan fingerprint density at radius 1 is 1.16 bits per heavy atom. The number of aliphatic hydroxyl groups excluding tert-OH is 2. The topological polar surface area (TPSA) is 139 Å². The maximum atomic E-state index is 15.9. The fraction of sp³-hybridized carbons (Fsp3) is 0.536. The Morgan fingerprint density at radius 3 is 2.37 bits per heavy atom. The van der Waals surface area contributed by atoms with Gasteiger partial charge in [0.15, 0.2) is 17.2 Å². The van der Waals surface area contributed by atoms with Crippen LogP contribution in [0.25, 0.3) is 0 Å². The molecule has 0 amide bonds. The van der Waals surface area contributed by atoms with Crippen LogP contribution in [0.3, 0.4) is 0 Å². The minimum Gasteiger partial charge on any atom is -0.510 e. The second-order valence-corrected chi connectivity index (χ2v) is 11.3. The van der Waals surface area contributed by atoms with Crippen LogP contribution in [0.5, 0.6) is 5.75 Å². The van der Waals surface area contributed by atoms with Crippen molar-refractivity contribution in [3.63, 3.8) is 0 Å². The van der Waals surface area contributed by atoms with Crippen molar-refractivity contribution in [3.8, 4) is 5.75 Å². The number of phenolic OH excluding ortho intramolecular Hbond substituents is 1. The number of allylic oxidation sites excluding steroid dienone is 1. The van der Waals surface area contributed by atoms with E-state index in [9.17, 15) is 34.8 Å². The molecule has 0 saturated carbocycles. The molecule has 1 unspecified atom stereocenters. The zero-order valence-electron chi connectivity index (χ0n) is 22.1. The number of aromatic hydroxyl groups is 1. The summed E-state index contributed by atoms with van der Waals surface area (Å²) in [4.78, 5) is 43.1. The zero-order valence-corrected chi connectivity index (χ0v) is 22.1. The molecule has 5 atom stereocenters. The molecule has 1 aromatic carbocycles. The first kappa shape index (κ1) is 26.5. The Labute approximate surface area is 219 Å². The van der Waals surface area contributed by atoms with Gasteiger partial charge in [-0.3, -0.25) is 24.2 Å².